The molecule has 2 rings (SSSR count). The van der Waals surface area contributed by atoms with Crippen molar-refractivity contribution in [3.8, 4) is 0 Å². The summed E-state index contributed by atoms with van der Waals surface area (Å²) >= 11 is 0. The monoisotopic (exact) mass is 301 g/mol. The number of rotatable bonds is 2. The van der Waals surface area contributed by atoms with Crippen LogP contribution in [0.4, 0.5) is 0 Å². The van der Waals surface area contributed by atoms with Crippen LogP contribution in [0, 0.1) is 11.8 Å². The van der Waals surface area contributed by atoms with Gasteiger partial charge in [0.1, 0.15) is 0 Å². The van der Waals surface area contributed by atoms with Gasteiger partial charge in [0.2, 0.25) is 10.0 Å². The van der Waals surface area contributed by atoms with Gasteiger partial charge in [-0.05, 0) is 31.1 Å². The standard InChI is InChI=1S/C12H19N3O4S/c1-7-3-4-9(5-8(7)2)15-6-10(20(13,18)19)11(16)14-12(15)17/h6-9H,3-5H2,1-2H3,(H2,13,18,19)(H,14,16,17). The van der Waals surface area contributed by atoms with Crippen molar-refractivity contribution in [2.45, 2.75) is 44.0 Å². The number of nitrogens with two attached hydrogens (primary N) is 1. The first-order valence-corrected chi connectivity index (χ1v) is 8.13. The number of sulfonamides is 1. The summed E-state index contributed by atoms with van der Waals surface area (Å²) in [6.07, 6.45) is 3.59. The van der Waals surface area contributed by atoms with Crippen LogP contribution in [0.15, 0.2) is 20.7 Å². The Labute approximate surface area is 116 Å². The zero-order valence-corrected chi connectivity index (χ0v) is 12.3. The zero-order valence-electron chi connectivity index (χ0n) is 11.5. The van der Waals surface area contributed by atoms with Gasteiger partial charge in [-0.25, -0.2) is 18.4 Å². The van der Waals surface area contributed by atoms with Gasteiger partial charge in [-0.3, -0.25) is 14.3 Å². The van der Waals surface area contributed by atoms with Crippen molar-refractivity contribution in [1.29, 1.82) is 0 Å². The third-order valence-corrected chi connectivity index (χ3v) is 5.11. The minimum atomic E-state index is -4.14. The Balaban J connectivity index is 2.48. The predicted molar refractivity (Wildman–Crippen MR) is 73.9 cm³/mol. The van der Waals surface area contributed by atoms with E-state index in [2.05, 4.69) is 13.8 Å². The predicted octanol–water partition coefficient (Wildman–Crippen LogP) is 0.181. The molecular formula is C12H19N3O4S. The van der Waals surface area contributed by atoms with E-state index in [1.807, 2.05) is 4.98 Å². The quantitative estimate of drug-likeness (QED) is 0.810. The molecule has 3 atom stereocenters. The van der Waals surface area contributed by atoms with Gasteiger partial charge in [0.25, 0.3) is 5.56 Å². The second-order valence-electron chi connectivity index (χ2n) is 5.63. The Morgan fingerprint density at radius 2 is 1.90 bits per heavy atom. The summed E-state index contributed by atoms with van der Waals surface area (Å²) in [7, 11) is -4.14. The molecule has 0 saturated heterocycles. The minimum absolute atomic E-state index is 0.106. The van der Waals surface area contributed by atoms with Crippen LogP contribution in [-0.4, -0.2) is 18.0 Å². The highest BCUT2D eigenvalue weighted by Crippen LogP contribution is 2.35. The van der Waals surface area contributed by atoms with Crippen LogP contribution in [0.25, 0.3) is 0 Å². The van der Waals surface area contributed by atoms with Crippen molar-refractivity contribution in [1.82, 2.24) is 9.55 Å². The van der Waals surface area contributed by atoms with Gasteiger partial charge < -0.3 is 0 Å². The van der Waals surface area contributed by atoms with Crippen molar-refractivity contribution in [3.05, 3.63) is 27.0 Å². The molecule has 3 unspecified atom stereocenters. The van der Waals surface area contributed by atoms with Crippen molar-refractivity contribution < 1.29 is 8.42 Å². The van der Waals surface area contributed by atoms with Crippen molar-refractivity contribution in [2.75, 3.05) is 0 Å². The van der Waals surface area contributed by atoms with E-state index in [1.165, 1.54) is 4.57 Å². The summed E-state index contributed by atoms with van der Waals surface area (Å²) < 4.78 is 24.0. The van der Waals surface area contributed by atoms with Gasteiger partial charge in [0, 0.05) is 12.2 Å². The lowest BCUT2D eigenvalue weighted by atomic mass is 9.79. The lowest BCUT2D eigenvalue weighted by Gasteiger charge is -2.32. The molecule has 0 aromatic carbocycles. The highest BCUT2D eigenvalue weighted by Gasteiger charge is 2.27. The summed E-state index contributed by atoms with van der Waals surface area (Å²) in [5.41, 5.74) is -1.56. The van der Waals surface area contributed by atoms with E-state index in [9.17, 15) is 18.0 Å². The maximum atomic E-state index is 11.9. The maximum Gasteiger partial charge on any atom is 0.328 e. The molecule has 0 aliphatic heterocycles. The van der Waals surface area contributed by atoms with Crippen LogP contribution >= 0.6 is 0 Å². The number of hydrogen-bond acceptors (Lipinski definition) is 4. The van der Waals surface area contributed by atoms with E-state index in [4.69, 9.17) is 5.14 Å². The summed E-state index contributed by atoms with van der Waals surface area (Å²) in [5.74, 6) is 1.01. The first-order valence-electron chi connectivity index (χ1n) is 6.58. The fraction of sp³-hybridized carbons (Fsp3) is 0.667. The molecule has 3 N–H and O–H groups in total. The van der Waals surface area contributed by atoms with E-state index in [1.54, 1.807) is 0 Å². The molecule has 0 radical (unpaired) electrons. The molecule has 7 nitrogen and oxygen atoms in total. The Hall–Kier alpha value is -1.41. The number of primary sulfonamides is 1. The molecule has 1 aromatic heterocycles. The molecule has 0 bridgehead atoms. The number of nitrogens with one attached hydrogen (secondary N) is 1. The summed E-state index contributed by atoms with van der Waals surface area (Å²) in [5, 5.41) is 4.99. The van der Waals surface area contributed by atoms with E-state index in [-0.39, 0.29) is 6.04 Å². The number of aromatic amines is 1. The maximum absolute atomic E-state index is 11.9. The average Bonchev–Trinajstić information content (AvgIpc) is 2.31. The van der Waals surface area contributed by atoms with Crippen LogP contribution in [0.5, 0.6) is 0 Å². The van der Waals surface area contributed by atoms with Gasteiger partial charge in [-0.2, -0.15) is 0 Å². The second kappa shape index (κ2) is 5.17. The van der Waals surface area contributed by atoms with Crippen LogP contribution < -0.4 is 16.4 Å². The molecule has 1 fully saturated rings. The highest BCUT2D eigenvalue weighted by atomic mass is 32.2. The van der Waals surface area contributed by atoms with Crippen LogP contribution in [-0.2, 0) is 10.0 Å². The fourth-order valence-electron chi connectivity index (χ4n) is 2.71. The Kier molecular flexibility index (Phi) is 3.88. The first kappa shape index (κ1) is 15.0. The lowest BCUT2D eigenvalue weighted by molar-refractivity contribution is 0.205. The molecule has 0 amide bonds. The number of hydrogen-bond donors (Lipinski definition) is 2. The molecule has 1 heterocycles. The van der Waals surface area contributed by atoms with E-state index in [0.29, 0.717) is 11.8 Å². The molecule has 1 aromatic rings. The van der Waals surface area contributed by atoms with E-state index >= 15 is 0 Å². The minimum Gasteiger partial charge on any atom is -0.296 e. The second-order valence-corrected chi connectivity index (χ2v) is 7.16. The van der Waals surface area contributed by atoms with Gasteiger partial charge in [0.15, 0.2) is 4.90 Å². The number of H-pyrrole nitrogens is 1. The Morgan fingerprint density at radius 3 is 2.45 bits per heavy atom. The topological polar surface area (TPSA) is 115 Å². The van der Waals surface area contributed by atoms with Crippen molar-refractivity contribution in [3.63, 3.8) is 0 Å². The molecule has 0 spiro atoms. The largest absolute Gasteiger partial charge is 0.328 e. The highest BCUT2D eigenvalue weighted by molar-refractivity contribution is 7.89. The molecule has 1 aliphatic rings. The van der Waals surface area contributed by atoms with Crippen LogP contribution in [0.3, 0.4) is 0 Å². The Bertz CT molecular complexity index is 719. The molecule has 112 valence electrons. The van der Waals surface area contributed by atoms with E-state index in [0.717, 1.165) is 25.5 Å². The van der Waals surface area contributed by atoms with Crippen molar-refractivity contribution in [2.24, 2.45) is 17.0 Å². The molecule has 1 aliphatic carbocycles. The zero-order chi connectivity index (χ0) is 15.1. The van der Waals surface area contributed by atoms with Gasteiger partial charge >= 0.3 is 5.69 Å². The third-order valence-electron chi connectivity index (χ3n) is 4.21. The van der Waals surface area contributed by atoms with E-state index < -0.39 is 26.2 Å². The van der Waals surface area contributed by atoms with Crippen molar-refractivity contribution >= 4 is 10.0 Å². The van der Waals surface area contributed by atoms with Gasteiger partial charge in [0.05, 0.1) is 0 Å². The van der Waals surface area contributed by atoms with Gasteiger partial charge in [-0.15, -0.1) is 0 Å². The summed E-state index contributed by atoms with van der Waals surface area (Å²) in [6, 6.07) is -0.106. The number of nitrogens with zero attached hydrogens (tertiary/aromatic N) is 1. The van der Waals surface area contributed by atoms with Crippen LogP contribution in [0.1, 0.15) is 39.2 Å². The lowest BCUT2D eigenvalue weighted by Crippen LogP contribution is -2.38. The van der Waals surface area contributed by atoms with Gasteiger partial charge in [-0.1, -0.05) is 13.8 Å². The Morgan fingerprint density at radius 1 is 1.25 bits per heavy atom. The normalized spacial score (nSPS) is 27.4. The SMILES string of the molecule is CC1CCC(n2cc(S(N)(=O)=O)c(=O)[nH]c2=O)CC1C. The smallest absolute Gasteiger partial charge is 0.296 e. The molecular weight excluding hydrogens is 282 g/mol. The molecule has 20 heavy (non-hydrogen) atoms. The average molecular weight is 301 g/mol. The third kappa shape index (κ3) is 2.85. The fourth-order valence-corrected chi connectivity index (χ4v) is 3.28. The number of aromatic nitrogens is 2. The molecule has 8 heteroatoms. The van der Waals surface area contributed by atoms with Crippen LogP contribution in [0.2, 0.25) is 0 Å². The first-order chi connectivity index (χ1) is 9.20. The summed E-state index contributed by atoms with van der Waals surface area (Å²) in [6.45, 7) is 4.26. The summed E-state index contributed by atoms with van der Waals surface area (Å²) in [4.78, 5) is 24.9. The molecule has 1 saturated carbocycles.